The molecular formula is C12H21N3O. The van der Waals surface area contributed by atoms with Gasteiger partial charge in [0.1, 0.15) is 5.82 Å². The molecule has 0 aliphatic heterocycles. The van der Waals surface area contributed by atoms with Crippen molar-refractivity contribution >= 4 is 11.5 Å². The van der Waals surface area contributed by atoms with E-state index in [4.69, 9.17) is 5.73 Å². The van der Waals surface area contributed by atoms with E-state index >= 15 is 0 Å². The van der Waals surface area contributed by atoms with Gasteiger partial charge >= 0.3 is 0 Å². The summed E-state index contributed by atoms with van der Waals surface area (Å²) in [7, 11) is 0. The van der Waals surface area contributed by atoms with E-state index in [0.29, 0.717) is 11.5 Å². The highest BCUT2D eigenvalue weighted by Crippen LogP contribution is 2.24. The van der Waals surface area contributed by atoms with Crippen LogP contribution in [0.3, 0.4) is 0 Å². The van der Waals surface area contributed by atoms with Gasteiger partial charge in [-0.1, -0.05) is 13.8 Å². The molecule has 0 aliphatic rings. The molecule has 0 unspecified atom stereocenters. The molecule has 90 valence electrons. The first-order valence-electron chi connectivity index (χ1n) is 5.68. The summed E-state index contributed by atoms with van der Waals surface area (Å²) in [4.78, 5) is 4.26. The number of aliphatic hydroxyl groups excluding tert-OH is 1. The van der Waals surface area contributed by atoms with Gasteiger partial charge in [0.15, 0.2) is 0 Å². The average Bonchev–Trinajstić information content (AvgIpc) is 2.29. The molecule has 4 N–H and O–H groups in total. The van der Waals surface area contributed by atoms with Crippen LogP contribution in [-0.2, 0) is 0 Å². The minimum atomic E-state index is -0.323. The van der Waals surface area contributed by atoms with Crippen molar-refractivity contribution in [3.63, 3.8) is 0 Å². The summed E-state index contributed by atoms with van der Waals surface area (Å²) >= 11 is 0. The van der Waals surface area contributed by atoms with Gasteiger partial charge in [0, 0.05) is 6.20 Å². The van der Waals surface area contributed by atoms with E-state index < -0.39 is 0 Å². The van der Waals surface area contributed by atoms with Crippen LogP contribution in [0.5, 0.6) is 0 Å². The molecule has 0 fully saturated rings. The Morgan fingerprint density at radius 3 is 2.50 bits per heavy atom. The molecule has 0 saturated carbocycles. The number of nitrogens with one attached hydrogen (secondary N) is 1. The number of aliphatic hydroxyl groups is 1. The molecule has 0 aromatic carbocycles. The summed E-state index contributed by atoms with van der Waals surface area (Å²) in [6.45, 7) is 6.11. The summed E-state index contributed by atoms with van der Waals surface area (Å²) < 4.78 is 0. The predicted molar refractivity (Wildman–Crippen MR) is 67.4 cm³/mol. The van der Waals surface area contributed by atoms with Crippen molar-refractivity contribution in [3.05, 3.63) is 17.8 Å². The smallest absolute Gasteiger partial charge is 0.149 e. The van der Waals surface area contributed by atoms with E-state index in [1.54, 1.807) is 6.20 Å². The van der Waals surface area contributed by atoms with Gasteiger partial charge in [-0.2, -0.15) is 0 Å². The molecule has 0 saturated heterocycles. The lowest BCUT2D eigenvalue weighted by molar-refractivity contribution is 0.202. The van der Waals surface area contributed by atoms with Crippen molar-refractivity contribution in [2.75, 3.05) is 17.7 Å². The minimum absolute atomic E-state index is 0.0784. The van der Waals surface area contributed by atoms with E-state index in [-0.39, 0.29) is 12.1 Å². The van der Waals surface area contributed by atoms with E-state index in [0.717, 1.165) is 18.4 Å². The lowest BCUT2D eigenvalue weighted by Crippen LogP contribution is -2.41. The second-order valence-corrected chi connectivity index (χ2v) is 4.22. The van der Waals surface area contributed by atoms with Crippen LogP contribution < -0.4 is 11.1 Å². The highest BCUT2D eigenvalue weighted by molar-refractivity contribution is 5.62. The highest BCUT2D eigenvalue weighted by Gasteiger charge is 2.25. The van der Waals surface area contributed by atoms with Gasteiger partial charge in [0.05, 0.1) is 17.8 Å². The topological polar surface area (TPSA) is 71.2 Å². The Kier molecular flexibility index (Phi) is 4.12. The van der Waals surface area contributed by atoms with E-state index in [2.05, 4.69) is 10.3 Å². The maximum absolute atomic E-state index is 9.45. The van der Waals surface area contributed by atoms with Crippen molar-refractivity contribution < 1.29 is 5.11 Å². The second-order valence-electron chi connectivity index (χ2n) is 4.22. The Morgan fingerprint density at radius 1 is 1.44 bits per heavy atom. The number of aryl methyl sites for hydroxylation is 1. The first-order valence-corrected chi connectivity index (χ1v) is 5.68. The Bertz CT molecular complexity index is 340. The number of pyridine rings is 1. The van der Waals surface area contributed by atoms with Crippen LogP contribution in [0.1, 0.15) is 32.3 Å². The average molecular weight is 223 g/mol. The number of rotatable bonds is 5. The van der Waals surface area contributed by atoms with Crippen LogP contribution in [0.2, 0.25) is 0 Å². The highest BCUT2D eigenvalue weighted by atomic mass is 16.3. The first-order chi connectivity index (χ1) is 7.56. The Hall–Kier alpha value is -1.29. The largest absolute Gasteiger partial charge is 0.396 e. The molecule has 0 aliphatic carbocycles. The fraction of sp³-hybridized carbons (Fsp3) is 0.583. The van der Waals surface area contributed by atoms with Crippen molar-refractivity contribution in [1.29, 1.82) is 0 Å². The molecule has 0 atom stereocenters. The lowest BCUT2D eigenvalue weighted by atomic mass is 9.94. The molecule has 0 radical (unpaired) electrons. The predicted octanol–water partition coefficient (Wildman–Crippen LogP) is 1.94. The third kappa shape index (κ3) is 2.64. The summed E-state index contributed by atoms with van der Waals surface area (Å²) in [5.41, 5.74) is 7.22. The van der Waals surface area contributed by atoms with Gasteiger partial charge in [-0.15, -0.1) is 0 Å². The zero-order valence-electron chi connectivity index (χ0n) is 10.2. The lowest BCUT2D eigenvalue weighted by Gasteiger charge is -2.31. The molecule has 0 bridgehead atoms. The molecular weight excluding hydrogens is 202 g/mol. The fourth-order valence-electron chi connectivity index (χ4n) is 1.64. The summed E-state index contributed by atoms with van der Waals surface area (Å²) in [5.74, 6) is 0.656. The maximum atomic E-state index is 9.45. The second kappa shape index (κ2) is 5.16. The van der Waals surface area contributed by atoms with Crippen LogP contribution in [0, 0.1) is 6.92 Å². The zero-order chi connectivity index (χ0) is 12.2. The maximum Gasteiger partial charge on any atom is 0.149 e. The Morgan fingerprint density at radius 2 is 2.06 bits per heavy atom. The van der Waals surface area contributed by atoms with Crippen molar-refractivity contribution in [3.8, 4) is 0 Å². The molecule has 1 rings (SSSR count). The van der Waals surface area contributed by atoms with Crippen LogP contribution in [0.15, 0.2) is 12.3 Å². The number of nitrogen functional groups attached to an aromatic ring is 1. The summed E-state index contributed by atoms with van der Waals surface area (Å²) in [6.07, 6.45) is 3.43. The van der Waals surface area contributed by atoms with Crippen molar-refractivity contribution in [2.45, 2.75) is 39.2 Å². The van der Waals surface area contributed by atoms with E-state index in [9.17, 15) is 5.11 Å². The van der Waals surface area contributed by atoms with Crippen LogP contribution in [-0.4, -0.2) is 22.2 Å². The fourth-order valence-corrected chi connectivity index (χ4v) is 1.64. The van der Waals surface area contributed by atoms with Gasteiger partial charge < -0.3 is 16.2 Å². The monoisotopic (exact) mass is 223 g/mol. The summed E-state index contributed by atoms with van der Waals surface area (Å²) in [6, 6.07) is 1.88. The third-order valence-corrected chi connectivity index (χ3v) is 3.09. The third-order valence-electron chi connectivity index (χ3n) is 3.09. The van der Waals surface area contributed by atoms with E-state index in [1.807, 2.05) is 26.8 Å². The number of nitrogens with two attached hydrogens (primary N) is 1. The van der Waals surface area contributed by atoms with Gasteiger partial charge in [-0.05, 0) is 31.4 Å². The molecule has 1 heterocycles. The number of nitrogens with zero attached hydrogens (tertiary/aromatic N) is 1. The van der Waals surface area contributed by atoms with Gasteiger partial charge in [-0.3, -0.25) is 0 Å². The molecule has 4 heteroatoms. The summed E-state index contributed by atoms with van der Waals surface area (Å²) in [5, 5.41) is 12.7. The molecule has 16 heavy (non-hydrogen) atoms. The number of aromatic nitrogens is 1. The normalized spacial score (nSPS) is 11.5. The van der Waals surface area contributed by atoms with Gasteiger partial charge in [-0.25, -0.2) is 4.98 Å². The molecule has 4 nitrogen and oxygen atoms in total. The molecule has 0 amide bonds. The minimum Gasteiger partial charge on any atom is -0.396 e. The van der Waals surface area contributed by atoms with Crippen molar-refractivity contribution in [2.24, 2.45) is 0 Å². The Balaban J connectivity index is 2.93. The zero-order valence-corrected chi connectivity index (χ0v) is 10.2. The number of anilines is 2. The first kappa shape index (κ1) is 12.8. The van der Waals surface area contributed by atoms with Crippen molar-refractivity contribution in [1.82, 2.24) is 4.98 Å². The number of hydrogen-bond acceptors (Lipinski definition) is 4. The van der Waals surface area contributed by atoms with E-state index in [1.165, 1.54) is 0 Å². The van der Waals surface area contributed by atoms with Crippen LogP contribution in [0.25, 0.3) is 0 Å². The van der Waals surface area contributed by atoms with Gasteiger partial charge in [0.2, 0.25) is 0 Å². The quantitative estimate of drug-likeness (QED) is 0.713. The molecule has 1 aromatic heterocycles. The molecule has 1 aromatic rings. The van der Waals surface area contributed by atoms with Gasteiger partial charge in [0.25, 0.3) is 0 Å². The SMILES string of the molecule is CCC(CC)(CO)Nc1ncc(C)cc1N. The molecule has 0 spiro atoms. The number of hydrogen-bond donors (Lipinski definition) is 3. The van der Waals surface area contributed by atoms with Crippen LogP contribution >= 0.6 is 0 Å². The Labute approximate surface area is 96.9 Å². The standard InChI is InChI=1S/C12H21N3O/c1-4-12(5-2,8-16)15-11-10(13)6-9(3)7-14-11/h6-7,16H,4-5,8,13H2,1-3H3,(H,14,15). The van der Waals surface area contributed by atoms with Crippen LogP contribution in [0.4, 0.5) is 11.5 Å².